The minimum absolute atomic E-state index is 0.381. The van der Waals surface area contributed by atoms with E-state index in [2.05, 4.69) is 18.0 Å². The molecule has 1 aliphatic heterocycles. The predicted octanol–water partition coefficient (Wildman–Crippen LogP) is 3.87. The number of hydrogen-bond acceptors (Lipinski definition) is 2. The van der Waals surface area contributed by atoms with Gasteiger partial charge in [0.15, 0.2) is 0 Å². The van der Waals surface area contributed by atoms with Gasteiger partial charge < -0.3 is 4.98 Å². The monoisotopic (exact) mass is 354 g/mol. The van der Waals surface area contributed by atoms with Crippen LogP contribution in [0.25, 0.3) is 10.9 Å². The molecule has 130 valence electrons. The highest BCUT2D eigenvalue weighted by molar-refractivity contribution is 7.89. The van der Waals surface area contributed by atoms with Crippen molar-refractivity contribution in [2.75, 3.05) is 6.54 Å². The summed E-state index contributed by atoms with van der Waals surface area (Å²) in [4.78, 5) is 3.77. The first-order valence-corrected chi connectivity index (χ1v) is 10.2. The quantitative estimate of drug-likeness (QED) is 0.773. The van der Waals surface area contributed by atoms with Crippen LogP contribution in [-0.2, 0) is 29.4 Å². The normalized spacial score (nSPS) is 15.4. The first-order valence-electron chi connectivity index (χ1n) is 8.77. The Morgan fingerprint density at radius 2 is 1.84 bits per heavy atom. The second-order valence-electron chi connectivity index (χ2n) is 6.61. The number of aromatic amines is 1. The number of sulfonamides is 1. The lowest BCUT2D eigenvalue weighted by molar-refractivity contribution is 0.388. The van der Waals surface area contributed by atoms with E-state index in [1.807, 2.05) is 30.3 Å². The summed E-state index contributed by atoms with van der Waals surface area (Å²) >= 11 is 0. The highest BCUT2D eigenvalue weighted by Crippen LogP contribution is 2.30. The summed E-state index contributed by atoms with van der Waals surface area (Å²) in [6.45, 7) is 3.05. The first-order chi connectivity index (χ1) is 12.1. The maximum atomic E-state index is 13.0. The van der Waals surface area contributed by atoms with E-state index in [1.165, 1.54) is 16.5 Å². The van der Waals surface area contributed by atoms with E-state index in [4.69, 9.17) is 0 Å². The Morgan fingerprint density at radius 3 is 2.60 bits per heavy atom. The first kappa shape index (κ1) is 16.4. The highest BCUT2D eigenvalue weighted by Gasteiger charge is 2.30. The zero-order chi connectivity index (χ0) is 17.4. The molecule has 2 aromatic carbocycles. The summed E-state index contributed by atoms with van der Waals surface area (Å²) in [6.07, 6.45) is 2.77. The van der Waals surface area contributed by atoms with Crippen molar-refractivity contribution in [1.82, 2.24) is 9.29 Å². The highest BCUT2D eigenvalue weighted by atomic mass is 32.2. The summed E-state index contributed by atoms with van der Waals surface area (Å²) in [6, 6.07) is 15.5. The Hall–Kier alpha value is -2.11. The number of rotatable bonds is 4. The molecule has 0 bridgehead atoms. The van der Waals surface area contributed by atoms with Gasteiger partial charge in [-0.25, -0.2) is 8.42 Å². The van der Waals surface area contributed by atoms with E-state index in [9.17, 15) is 8.42 Å². The van der Waals surface area contributed by atoms with Gasteiger partial charge in [0.1, 0.15) is 0 Å². The average molecular weight is 354 g/mol. The topological polar surface area (TPSA) is 53.2 Å². The van der Waals surface area contributed by atoms with E-state index in [1.54, 1.807) is 16.4 Å². The average Bonchev–Trinajstić information content (AvgIpc) is 3.00. The fourth-order valence-electron chi connectivity index (χ4n) is 3.64. The van der Waals surface area contributed by atoms with Crippen molar-refractivity contribution in [2.45, 2.75) is 37.6 Å². The fraction of sp³-hybridized carbons (Fsp3) is 0.300. The summed E-state index contributed by atoms with van der Waals surface area (Å²) < 4.78 is 27.6. The van der Waals surface area contributed by atoms with Crippen molar-refractivity contribution in [3.05, 3.63) is 65.4 Å². The smallest absolute Gasteiger partial charge is 0.243 e. The van der Waals surface area contributed by atoms with E-state index in [0.717, 1.165) is 30.5 Å². The number of para-hydroxylation sites is 1. The number of hydrogen-bond donors (Lipinski definition) is 1. The third kappa shape index (κ3) is 2.87. The molecule has 5 heteroatoms. The van der Waals surface area contributed by atoms with E-state index in [-0.39, 0.29) is 0 Å². The van der Waals surface area contributed by atoms with Gasteiger partial charge in [0.05, 0.1) is 11.4 Å². The molecule has 1 aliphatic rings. The van der Waals surface area contributed by atoms with Crippen molar-refractivity contribution in [1.29, 1.82) is 0 Å². The van der Waals surface area contributed by atoms with Crippen molar-refractivity contribution in [3.8, 4) is 0 Å². The van der Waals surface area contributed by atoms with Gasteiger partial charge >= 0.3 is 0 Å². The molecule has 0 spiro atoms. The molecule has 0 radical (unpaired) electrons. The minimum Gasteiger partial charge on any atom is -0.357 e. The molecule has 2 heterocycles. The van der Waals surface area contributed by atoms with E-state index in [0.29, 0.717) is 18.0 Å². The largest absolute Gasteiger partial charge is 0.357 e. The lowest BCUT2D eigenvalue weighted by Gasteiger charge is -2.26. The Bertz CT molecular complexity index is 1000. The molecule has 0 fully saturated rings. The molecule has 0 aliphatic carbocycles. The molecule has 0 saturated carbocycles. The summed E-state index contributed by atoms with van der Waals surface area (Å²) in [5, 5.41) is 1.21. The maximum absolute atomic E-state index is 13.0. The van der Waals surface area contributed by atoms with Crippen LogP contribution < -0.4 is 0 Å². The van der Waals surface area contributed by atoms with Gasteiger partial charge in [-0.3, -0.25) is 0 Å². The number of benzene rings is 2. The molecule has 0 amide bonds. The Balaban J connectivity index is 1.63. The van der Waals surface area contributed by atoms with Crippen LogP contribution in [0.3, 0.4) is 0 Å². The van der Waals surface area contributed by atoms with Gasteiger partial charge in [0.25, 0.3) is 0 Å². The molecular formula is C20H22N2O2S. The molecule has 0 saturated heterocycles. The number of aromatic nitrogens is 1. The number of H-pyrrole nitrogens is 1. The Labute approximate surface area is 148 Å². The number of nitrogens with zero attached hydrogens (tertiary/aromatic N) is 1. The third-order valence-corrected chi connectivity index (χ3v) is 6.81. The predicted molar refractivity (Wildman–Crippen MR) is 100 cm³/mol. The SMILES string of the molecule is CCCc1ccc(S(=O)(=O)N2CCc3c([nH]c4ccccc34)C2)cc1. The molecular weight excluding hydrogens is 332 g/mol. The van der Waals surface area contributed by atoms with Crippen LogP contribution in [0.2, 0.25) is 0 Å². The van der Waals surface area contributed by atoms with Crippen molar-refractivity contribution >= 4 is 20.9 Å². The molecule has 3 aromatic rings. The van der Waals surface area contributed by atoms with Gasteiger partial charge in [-0.05, 0) is 42.2 Å². The summed E-state index contributed by atoms with van der Waals surface area (Å²) in [7, 11) is -3.46. The van der Waals surface area contributed by atoms with Crippen molar-refractivity contribution in [2.24, 2.45) is 0 Å². The minimum atomic E-state index is -3.46. The van der Waals surface area contributed by atoms with Gasteiger partial charge in [-0.15, -0.1) is 0 Å². The van der Waals surface area contributed by atoms with Crippen LogP contribution in [0.4, 0.5) is 0 Å². The van der Waals surface area contributed by atoms with E-state index >= 15 is 0 Å². The number of aryl methyl sites for hydroxylation is 1. The molecule has 0 atom stereocenters. The maximum Gasteiger partial charge on any atom is 0.243 e. The molecule has 4 rings (SSSR count). The van der Waals surface area contributed by atoms with Gasteiger partial charge in [0.2, 0.25) is 10.0 Å². The Morgan fingerprint density at radius 1 is 1.08 bits per heavy atom. The summed E-state index contributed by atoms with van der Waals surface area (Å²) in [5.74, 6) is 0. The third-order valence-electron chi connectivity index (χ3n) is 4.95. The molecule has 4 nitrogen and oxygen atoms in total. The zero-order valence-electron chi connectivity index (χ0n) is 14.3. The second-order valence-corrected chi connectivity index (χ2v) is 8.55. The lowest BCUT2D eigenvalue weighted by atomic mass is 10.1. The van der Waals surface area contributed by atoms with Crippen LogP contribution in [0.1, 0.15) is 30.2 Å². The standard InChI is InChI=1S/C20H22N2O2S/c1-2-5-15-8-10-16(11-9-15)25(23,24)22-13-12-18-17-6-3-4-7-19(17)21-20(18)14-22/h3-4,6-11,21H,2,5,12-14H2,1H3. The zero-order valence-corrected chi connectivity index (χ0v) is 15.1. The molecule has 25 heavy (non-hydrogen) atoms. The van der Waals surface area contributed by atoms with Gasteiger partial charge in [-0.2, -0.15) is 4.31 Å². The van der Waals surface area contributed by atoms with Gasteiger partial charge in [-0.1, -0.05) is 43.7 Å². The number of nitrogens with one attached hydrogen (secondary N) is 1. The van der Waals surface area contributed by atoms with Crippen LogP contribution in [0.15, 0.2) is 53.4 Å². The molecule has 1 aromatic heterocycles. The summed E-state index contributed by atoms with van der Waals surface area (Å²) in [5.41, 5.74) is 4.52. The number of fused-ring (bicyclic) bond motifs is 3. The van der Waals surface area contributed by atoms with E-state index < -0.39 is 10.0 Å². The van der Waals surface area contributed by atoms with Gasteiger partial charge in [0, 0.05) is 23.1 Å². The van der Waals surface area contributed by atoms with Crippen LogP contribution >= 0.6 is 0 Å². The fourth-order valence-corrected chi connectivity index (χ4v) is 5.05. The van der Waals surface area contributed by atoms with Crippen LogP contribution in [-0.4, -0.2) is 24.3 Å². The lowest BCUT2D eigenvalue weighted by Crippen LogP contribution is -2.35. The van der Waals surface area contributed by atoms with Crippen molar-refractivity contribution in [3.63, 3.8) is 0 Å². The molecule has 0 unspecified atom stereocenters. The molecule has 1 N–H and O–H groups in total. The van der Waals surface area contributed by atoms with Crippen molar-refractivity contribution < 1.29 is 8.42 Å². The van der Waals surface area contributed by atoms with Crippen LogP contribution in [0, 0.1) is 0 Å². The Kier molecular flexibility index (Phi) is 4.13. The van der Waals surface area contributed by atoms with Crippen LogP contribution in [0.5, 0.6) is 0 Å². The second kappa shape index (κ2) is 6.32.